The van der Waals surface area contributed by atoms with E-state index < -0.39 is 0 Å². The molecule has 0 spiro atoms. The normalized spacial score (nSPS) is 11.6. The Bertz CT molecular complexity index is 3990. The molecule has 0 aliphatic rings. The predicted octanol–water partition coefficient (Wildman–Crippen LogP) is 18.0. The summed E-state index contributed by atoms with van der Waals surface area (Å²) in [5, 5.41) is 7.11. The monoisotopic (exact) mass is 854 g/mol. The Hall–Kier alpha value is -8.92. The molecule has 0 N–H and O–H groups in total. The highest BCUT2D eigenvalue weighted by Gasteiger charge is 2.24. The maximum atomic E-state index is 6.41. The van der Waals surface area contributed by atoms with Crippen molar-refractivity contribution in [1.29, 1.82) is 0 Å². The van der Waals surface area contributed by atoms with Crippen molar-refractivity contribution in [3.05, 3.63) is 255 Å². The van der Waals surface area contributed by atoms with Crippen molar-refractivity contribution in [2.45, 2.75) is 0 Å². The summed E-state index contributed by atoms with van der Waals surface area (Å²) in [6.07, 6.45) is 0. The van der Waals surface area contributed by atoms with Crippen molar-refractivity contribution in [3.63, 3.8) is 0 Å². The van der Waals surface area contributed by atoms with Gasteiger partial charge >= 0.3 is 0 Å². The van der Waals surface area contributed by atoms with Crippen LogP contribution in [0, 0.1) is 0 Å². The molecule has 0 aliphatic heterocycles. The lowest BCUT2D eigenvalue weighted by molar-refractivity contribution is 0.669. The van der Waals surface area contributed by atoms with Gasteiger partial charge in [-0.2, -0.15) is 0 Å². The molecule has 13 rings (SSSR count). The van der Waals surface area contributed by atoms with E-state index in [-0.39, 0.29) is 0 Å². The first-order valence-electron chi connectivity index (χ1n) is 22.9. The highest BCUT2D eigenvalue weighted by Crippen LogP contribution is 2.49. The summed E-state index contributed by atoms with van der Waals surface area (Å²) in [7, 11) is 0. The zero-order valence-electron chi connectivity index (χ0n) is 36.6. The number of fused-ring (bicyclic) bond motifs is 7. The van der Waals surface area contributed by atoms with Gasteiger partial charge in [0.05, 0.1) is 22.4 Å². The molecule has 13 aromatic rings. The van der Waals surface area contributed by atoms with Crippen LogP contribution in [0.5, 0.6) is 0 Å². The van der Waals surface area contributed by atoms with Crippen molar-refractivity contribution < 1.29 is 4.42 Å². The molecule has 2 heterocycles. The lowest BCUT2D eigenvalue weighted by Crippen LogP contribution is -2.12. The van der Waals surface area contributed by atoms with E-state index in [4.69, 9.17) is 4.42 Å². The van der Waals surface area contributed by atoms with Gasteiger partial charge in [-0.15, -0.1) is 0 Å². The van der Waals surface area contributed by atoms with E-state index in [1.807, 2.05) is 6.07 Å². The Labute approximate surface area is 388 Å². The van der Waals surface area contributed by atoms with Crippen LogP contribution < -0.4 is 4.90 Å². The highest BCUT2D eigenvalue weighted by atomic mass is 16.3. The van der Waals surface area contributed by atoms with Gasteiger partial charge in [0.15, 0.2) is 0 Å². The Balaban J connectivity index is 1.07. The average Bonchev–Trinajstić information content (AvgIpc) is 3.95. The molecule has 0 saturated heterocycles. The summed E-state index contributed by atoms with van der Waals surface area (Å²) in [5.41, 5.74) is 17.7. The van der Waals surface area contributed by atoms with Crippen molar-refractivity contribution in [1.82, 2.24) is 4.57 Å². The molecule has 0 radical (unpaired) electrons. The number of rotatable bonds is 8. The van der Waals surface area contributed by atoms with Crippen LogP contribution in [-0.2, 0) is 0 Å². The van der Waals surface area contributed by atoms with Gasteiger partial charge in [0.25, 0.3) is 0 Å². The van der Waals surface area contributed by atoms with Gasteiger partial charge in [-0.3, -0.25) is 0 Å². The van der Waals surface area contributed by atoms with Crippen LogP contribution in [0.25, 0.3) is 105 Å². The summed E-state index contributed by atoms with van der Waals surface area (Å²) >= 11 is 0. The first-order valence-corrected chi connectivity index (χ1v) is 22.9. The molecular weight excluding hydrogens is 813 g/mol. The lowest BCUT2D eigenvalue weighted by atomic mass is 9.90. The Morgan fingerprint density at radius 1 is 0.313 bits per heavy atom. The van der Waals surface area contributed by atoms with Crippen LogP contribution in [0.4, 0.5) is 17.1 Å². The molecule has 0 fully saturated rings. The molecule has 0 atom stereocenters. The number of benzene rings is 11. The molecule has 0 bridgehead atoms. The summed E-state index contributed by atoms with van der Waals surface area (Å²) in [5.74, 6) is 0. The number of nitrogens with zero attached hydrogens (tertiary/aromatic N) is 2. The minimum atomic E-state index is 0.880. The van der Waals surface area contributed by atoms with E-state index in [9.17, 15) is 0 Å². The number of furan rings is 1. The van der Waals surface area contributed by atoms with Crippen LogP contribution in [0.3, 0.4) is 0 Å². The molecule has 67 heavy (non-hydrogen) atoms. The zero-order valence-corrected chi connectivity index (χ0v) is 36.6. The fourth-order valence-corrected chi connectivity index (χ4v) is 10.5. The summed E-state index contributed by atoms with van der Waals surface area (Å²) in [6.45, 7) is 0. The molecule has 0 aliphatic carbocycles. The van der Waals surface area contributed by atoms with E-state index >= 15 is 0 Å². The maximum Gasteiger partial charge on any atom is 0.136 e. The number of aromatic nitrogens is 1. The van der Waals surface area contributed by atoms with Crippen LogP contribution >= 0.6 is 0 Å². The molecule has 2 aromatic heterocycles. The van der Waals surface area contributed by atoms with E-state index in [0.29, 0.717) is 0 Å². The van der Waals surface area contributed by atoms with Gasteiger partial charge < -0.3 is 13.9 Å². The first kappa shape index (κ1) is 38.5. The second kappa shape index (κ2) is 16.0. The van der Waals surface area contributed by atoms with Crippen LogP contribution in [0.15, 0.2) is 259 Å². The number of hydrogen-bond donors (Lipinski definition) is 0. The van der Waals surface area contributed by atoms with Gasteiger partial charge in [-0.1, -0.05) is 194 Å². The molecule has 314 valence electrons. The predicted molar refractivity (Wildman–Crippen MR) is 282 cm³/mol. The Morgan fingerprint density at radius 3 is 1.69 bits per heavy atom. The molecule has 0 unspecified atom stereocenters. The maximum absolute atomic E-state index is 6.41. The van der Waals surface area contributed by atoms with Crippen molar-refractivity contribution >= 4 is 71.6 Å². The fourth-order valence-electron chi connectivity index (χ4n) is 10.5. The van der Waals surface area contributed by atoms with Crippen molar-refractivity contribution in [2.75, 3.05) is 4.90 Å². The Morgan fingerprint density at radius 2 is 0.866 bits per heavy atom. The van der Waals surface area contributed by atoms with Crippen molar-refractivity contribution in [3.8, 4) is 50.2 Å². The first-order chi connectivity index (χ1) is 33.3. The lowest BCUT2D eigenvalue weighted by Gasteiger charge is -2.30. The molecule has 3 nitrogen and oxygen atoms in total. The van der Waals surface area contributed by atoms with Crippen LogP contribution in [-0.4, -0.2) is 4.57 Å². The topological polar surface area (TPSA) is 21.3 Å². The standard InChI is InChI=1S/C64H42N2O/c1-3-19-43(20-4-1)50-31-16-21-44-22-17-33-55(63(44)50)53-29-9-13-36-59(53)66(48-26-15-23-45(41-48)51-32-18-38-62-64(51)56-30-10-14-37-61(56)67-62)57-34-11-7-27-49(57)46-39-40-54-52-28-8-12-35-58(52)65(60(54)42-46)47-24-5-2-6-25-47/h1-42H. The third kappa shape index (κ3) is 6.43. The van der Waals surface area contributed by atoms with Gasteiger partial charge in [-0.05, 0) is 105 Å². The highest BCUT2D eigenvalue weighted by molar-refractivity contribution is 6.14. The molecule has 3 heteroatoms. The second-order valence-corrected chi connectivity index (χ2v) is 17.2. The minimum absolute atomic E-state index is 0.880. The fraction of sp³-hybridized carbons (Fsp3) is 0. The average molecular weight is 855 g/mol. The summed E-state index contributed by atoms with van der Waals surface area (Å²) in [4.78, 5) is 2.47. The summed E-state index contributed by atoms with van der Waals surface area (Å²) < 4.78 is 8.81. The number of anilines is 3. The van der Waals surface area contributed by atoms with E-state index in [0.717, 1.165) is 72.5 Å². The number of para-hydroxylation sites is 5. The largest absolute Gasteiger partial charge is 0.456 e. The van der Waals surface area contributed by atoms with Gasteiger partial charge in [-0.25, -0.2) is 0 Å². The molecule has 0 amide bonds. The van der Waals surface area contributed by atoms with Gasteiger partial charge in [0.1, 0.15) is 11.2 Å². The van der Waals surface area contributed by atoms with Crippen LogP contribution in [0.1, 0.15) is 0 Å². The zero-order chi connectivity index (χ0) is 44.3. The SMILES string of the molecule is c1ccc(-c2cccc3cccc(-c4ccccc4N(c4cccc(-c5cccc6oc7ccccc7c56)c4)c4ccccc4-c4ccc5c6ccccc6n(-c6ccccc6)c5c4)c23)cc1. The molecule has 0 saturated carbocycles. The molecule has 11 aromatic carbocycles. The third-order valence-corrected chi connectivity index (χ3v) is 13.4. The minimum Gasteiger partial charge on any atom is -0.456 e. The van der Waals surface area contributed by atoms with Gasteiger partial charge in [0.2, 0.25) is 0 Å². The van der Waals surface area contributed by atoms with E-state index in [1.54, 1.807) is 0 Å². The number of hydrogen-bond acceptors (Lipinski definition) is 2. The molecular formula is C64H42N2O. The second-order valence-electron chi connectivity index (χ2n) is 17.2. The quantitative estimate of drug-likeness (QED) is 0.152. The van der Waals surface area contributed by atoms with Crippen molar-refractivity contribution in [2.24, 2.45) is 0 Å². The van der Waals surface area contributed by atoms with E-state index in [1.165, 1.54) is 49.3 Å². The Kier molecular flexibility index (Phi) is 9.17. The smallest absolute Gasteiger partial charge is 0.136 e. The third-order valence-electron chi connectivity index (χ3n) is 13.4. The summed E-state index contributed by atoms with van der Waals surface area (Å²) in [6, 6.07) is 92.1. The van der Waals surface area contributed by atoms with Gasteiger partial charge in [0, 0.05) is 44.0 Å². The van der Waals surface area contributed by atoms with Crippen LogP contribution in [0.2, 0.25) is 0 Å². The van der Waals surface area contributed by atoms with E-state index in [2.05, 4.69) is 258 Å².